The van der Waals surface area contributed by atoms with Crippen LogP contribution in [0.3, 0.4) is 0 Å². The Morgan fingerprint density at radius 2 is 1.75 bits per heavy atom. The Kier molecular flexibility index (Phi) is 6.35. The molecule has 1 aromatic heterocycles. The molecule has 1 unspecified atom stereocenters. The van der Waals surface area contributed by atoms with E-state index in [4.69, 9.17) is 33.0 Å². The summed E-state index contributed by atoms with van der Waals surface area (Å²) in [6.45, 7) is 9.39. The number of carbonyl (C=O) groups is 1. The molecule has 1 atom stereocenters. The molecule has 0 aliphatic carbocycles. The molecule has 32 heavy (non-hydrogen) atoms. The summed E-state index contributed by atoms with van der Waals surface area (Å²) in [5, 5.41) is 6.02. The van der Waals surface area contributed by atoms with Crippen LogP contribution in [-0.4, -0.2) is 29.4 Å². The lowest BCUT2D eigenvalue weighted by atomic mass is 9.91. The first kappa shape index (κ1) is 22.8. The molecule has 7 heteroatoms. The third-order valence-electron chi connectivity index (χ3n) is 5.99. The molecule has 1 aliphatic heterocycles. The van der Waals surface area contributed by atoms with E-state index in [9.17, 15) is 4.79 Å². The first-order valence-corrected chi connectivity index (χ1v) is 11.5. The first-order valence-electron chi connectivity index (χ1n) is 10.7. The molecule has 168 valence electrons. The van der Waals surface area contributed by atoms with Gasteiger partial charge in [-0.05, 0) is 60.7 Å². The van der Waals surface area contributed by atoms with Crippen LogP contribution in [0.15, 0.2) is 36.4 Å². The molecule has 3 aromatic rings. The maximum Gasteiger partial charge on any atom is 0.280 e. The second kappa shape index (κ2) is 8.89. The van der Waals surface area contributed by atoms with Crippen LogP contribution in [0.1, 0.15) is 64.2 Å². The lowest BCUT2D eigenvalue weighted by Crippen LogP contribution is -2.31. The summed E-state index contributed by atoms with van der Waals surface area (Å²) in [4.78, 5) is 15.7. The van der Waals surface area contributed by atoms with E-state index in [-0.39, 0.29) is 17.9 Å². The number of amides is 1. The second-order valence-electron chi connectivity index (χ2n) is 8.53. The number of anilines is 1. The van der Waals surface area contributed by atoms with Crippen LogP contribution in [0, 0.1) is 13.8 Å². The van der Waals surface area contributed by atoms with Crippen LogP contribution in [-0.2, 0) is 11.3 Å². The van der Waals surface area contributed by atoms with Gasteiger partial charge in [-0.2, -0.15) is 5.10 Å². The number of carbonyl (C=O) groups excluding carboxylic acids is 1. The fourth-order valence-corrected chi connectivity index (χ4v) is 4.96. The molecule has 0 saturated carbocycles. The second-order valence-corrected chi connectivity index (χ2v) is 9.40. The smallest absolute Gasteiger partial charge is 0.280 e. The van der Waals surface area contributed by atoms with Gasteiger partial charge in [-0.15, -0.1) is 0 Å². The van der Waals surface area contributed by atoms with Crippen molar-refractivity contribution < 1.29 is 9.53 Å². The van der Waals surface area contributed by atoms with Crippen molar-refractivity contribution in [2.75, 3.05) is 18.6 Å². The van der Waals surface area contributed by atoms with Gasteiger partial charge in [0.1, 0.15) is 0 Å². The summed E-state index contributed by atoms with van der Waals surface area (Å²) in [5.74, 6) is 0.0502. The third-order valence-corrected chi connectivity index (χ3v) is 6.46. The molecule has 5 nitrogen and oxygen atoms in total. The highest BCUT2D eigenvalue weighted by Crippen LogP contribution is 2.47. The number of nitrogens with zero attached hydrogens (tertiary/aromatic N) is 3. The number of rotatable bonds is 6. The molecule has 4 rings (SSSR count). The normalized spacial score (nSPS) is 15.7. The summed E-state index contributed by atoms with van der Waals surface area (Å²) in [7, 11) is 1.67. The van der Waals surface area contributed by atoms with Crippen molar-refractivity contribution in [2.45, 2.75) is 46.2 Å². The third kappa shape index (κ3) is 3.83. The van der Waals surface area contributed by atoms with Crippen LogP contribution in [0.2, 0.25) is 10.0 Å². The molecule has 0 N–H and O–H groups in total. The van der Waals surface area contributed by atoms with E-state index in [1.807, 2.05) is 59.8 Å². The first-order chi connectivity index (χ1) is 15.2. The molecule has 0 bridgehead atoms. The van der Waals surface area contributed by atoms with E-state index in [2.05, 4.69) is 13.8 Å². The standard InChI is InChI=1S/C25H27Cl2N3O2/c1-14(2)23-21-22(28-29(23)10-11-32-5)25(31)30(20-13-18(27)7-6-15(20)3)24(21)19-9-8-17(26)12-16(19)4/h6-9,12-14,24H,10-11H2,1-5H3. The zero-order valence-corrected chi connectivity index (χ0v) is 20.5. The molecule has 2 heterocycles. The van der Waals surface area contributed by atoms with Gasteiger partial charge in [-0.1, -0.05) is 49.2 Å². The maximum absolute atomic E-state index is 13.8. The fourth-order valence-electron chi connectivity index (χ4n) is 4.57. The summed E-state index contributed by atoms with van der Waals surface area (Å²) in [6.07, 6.45) is 0. The molecule has 0 radical (unpaired) electrons. The van der Waals surface area contributed by atoms with Crippen LogP contribution in [0.25, 0.3) is 0 Å². The highest BCUT2D eigenvalue weighted by molar-refractivity contribution is 6.31. The van der Waals surface area contributed by atoms with Gasteiger partial charge < -0.3 is 4.74 Å². The minimum absolute atomic E-state index is 0.122. The summed E-state index contributed by atoms with van der Waals surface area (Å²) in [5.41, 5.74) is 6.29. The Balaban J connectivity index is 1.99. The predicted molar refractivity (Wildman–Crippen MR) is 129 cm³/mol. The van der Waals surface area contributed by atoms with Crippen molar-refractivity contribution in [3.05, 3.63) is 80.1 Å². The number of benzene rings is 2. The highest BCUT2D eigenvalue weighted by Gasteiger charge is 2.45. The average Bonchev–Trinajstić information content (AvgIpc) is 3.23. The van der Waals surface area contributed by atoms with Gasteiger partial charge in [0.15, 0.2) is 5.69 Å². The van der Waals surface area contributed by atoms with Crippen molar-refractivity contribution in [3.8, 4) is 0 Å². The average molecular weight is 472 g/mol. The number of aromatic nitrogens is 2. The summed E-state index contributed by atoms with van der Waals surface area (Å²) >= 11 is 12.6. The number of hydrogen-bond acceptors (Lipinski definition) is 3. The molecular weight excluding hydrogens is 445 g/mol. The fraction of sp³-hybridized carbons (Fsp3) is 0.360. The molecule has 0 spiro atoms. The Morgan fingerprint density at radius 1 is 1.06 bits per heavy atom. The minimum Gasteiger partial charge on any atom is -0.383 e. The monoisotopic (exact) mass is 471 g/mol. The number of hydrogen-bond donors (Lipinski definition) is 0. The quantitative estimate of drug-likeness (QED) is 0.422. The van der Waals surface area contributed by atoms with Crippen molar-refractivity contribution in [2.24, 2.45) is 0 Å². The summed E-state index contributed by atoms with van der Waals surface area (Å²) in [6, 6.07) is 11.1. The topological polar surface area (TPSA) is 47.4 Å². The van der Waals surface area contributed by atoms with E-state index >= 15 is 0 Å². The van der Waals surface area contributed by atoms with E-state index in [1.54, 1.807) is 7.11 Å². The zero-order chi connectivity index (χ0) is 23.2. The summed E-state index contributed by atoms with van der Waals surface area (Å²) < 4.78 is 7.21. The van der Waals surface area contributed by atoms with Gasteiger partial charge in [0.2, 0.25) is 0 Å². The number of halogens is 2. The Labute approximate surface area is 198 Å². The number of fused-ring (bicyclic) bond motifs is 1. The van der Waals surface area contributed by atoms with Crippen molar-refractivity contribution in [3.63, 3.8) is 0 Å². The van der Waals surface area contributed by atoms with Crippen LogP contribution < -0.4 is 4.90 Å². The Morgan fingerprint density at radius 3 is 2.41 bits per heavy atom. The van der Waals surface area contributed by atoms with Gasteiger partial charge in [-0.3, -0.25) is 14.4 Å². The number of aryl methyl sites for hydroxylation is 2. The van der Waals surface area contributed by atoms with E-state index in [1.165, 1.54) is 0 Å². The van der Waals surface area contributed by atoms with Crippen molar-refractivity contribution in [1.82, 2.24) is 9.78 Å². The zero-order valence-electron chi connectivity index (χ0n) is 18.9. The number of ether oxygens (including phenoxy) is 1. The Hall–Kier alpha value is -2.34. The van der Waals surface area contributed by atoms with Crippen LogP contribution >= 0.6 is 23.2 Å². The van der Waals surface area contributed by atoms with Crippen molar-refractivity contribution >= 4 is 34.8 Å². The predicted octanol–water partition coefficient (Wildman–Crippen LogP) is 6.33. The molecule has 0 fully saturated rings. The SMILES string of the molecule is COCCn1nc2c(c1C(C)C)C(c1ccc(Cl)cc1C)N(c1cc(Cl)ccc1C)C2=O. The van der Waals surface area contributed by atoms with Gasteiger partial charge >= 0.3 is 0 Å². The molecule has 1 amide bonds. The van der Waals surface area contributed by atoms with Gasteiger partial charge in [0.25, 0.3) is 5.91 Å². The molecule has 1 aliphatic rings. The van der Waals surface area contributed by atoms with Gasteiger partial charge in [-0.25, -0.2) is 0 Å². The van der Waals surface area contributed by atoms with Gasteiger partial charge in [0.05, 0.1) is 19.2 Å². The lowest BCUT2D eigenvalue weighted by molar-refractivity contribution is 0.0986. The lowest BCUT2D eigenvalue weighted by Gasteiger charge is -2.30. The van der Waals surface area contributed by atoms with Crippen LogP contribution in [0.5, 0.6) is 0 Å². The minimum atomic E-state index is -0.319. The van der Waals surface area contributed by atoms with Crippen LogP contribution in [0.4, 0.5) is 5.69 Å². The highest BCUT2D eigenvalue weighted by atomic mass is 35.5. The number of methoxy groups -OCH3 is 1. The van der Waals surface area contributed by atoms with Gasteiger partial charge in [0, 0.05) is 34.1 Å². The largest absolute Gasteiger partial charge is 0.383 e. The van der Waals surface area contributed by atoms with E-state index in [0.29, 0.717) is 28.9 Å². The molecule has 2 aromatic carbocycles. The molecular formula is C25H27Cl2N3O2. The van der Waals surface area contributed by atoms with Crippen molar-refractivity contribution in [1.29, 1.82) is 0 Å². The maximum atomic E-state index is 13.8. The Bertz CT molecular complexity index is 1190. The van der Waals surface area contributed by atoms with E-state index < -0.39 is 0 Å². The molecule has 0 saturated heterocycles. The van der Waals surface area contributed by atoms with E-state index in [0.717, 1.165) is 33.6 Å².